The van der Waals surface area contributed by atoms with Crippen molar-refractivity contribution in [3.05, 3.63) is 154 Å². The predicted molar refractivity (Wildman–Crippen MR) is 226 cm³/mol. The minimum Gasteiger partial charge on any atom is -0.497 e. The van der Waals surface area contributed by atoms with Crippen molar-refractivity contribution in [2.45, 2.75) is 20.8 Å². The molecule has 55 heavy (non-hydrogen) atoms. The fourth-order valence-corrected chi connectivity index (χ4v) is 8.17. The van der Waals surface area contributed by atoms with Crippen LogP contribution in [-0.2, 0) is 0 Å². The molecule has 0 unspecified atom stereocenters. The zero-order valence-corrected chi connectivity index (χ0v) is 31.3. The molecular weight excluding hydrogens is 677 g/mol. The molecule has 8 bridgehead atoms. The maximum atomic E-state index is 6.05. The van der Waals surface area contributed by atoms with Crippen LogP contribution in [0.5, 0.6) is 11.5 Å². The van der Waals surface area contributed by atoms with E-state index in [1.807, 2.05) is 6.07 Å². The van der Waals surface area contributed by atoms with E-state index in [1.165, 1.54) is 16.7 Å². The van der Waals surface area contributed by atoms with Crippen molar-refractivity contribution in [3.8, 4) is 56.0 Å². The maximum Gasteiger partial charge on any atom is 0.132 e. The molecule has 6 heteroatoms. The average Bonchev–Trinajstić information content (AvgIpc) is 4.05. The Morgan fingerprint density at radius 2 is 0.927 bits per heavy atom. The lowest BCUT2D eigenvalue weighted by Gasteiger charge is -2.11. The van der Waals surface area contributed by atoms with Gasteiger partial charge >= 0.3 is 0 Å². The summed E-state index contributed by atoms with van der Waals surface area (Å²) < 4.78 is 11.8. The Kier molecular flexibility index (Phi) is 7.49. The van der Waals surface area contributed by atoms with Gasteiger partial charge in [0, 0.05) is 61.5 Å². The Bertz CT molecular complexity index is 2940. The molecule has 3 aliphatic rings. The Hall–Kier alpha value is -6.92. The van der Waals surface area contributed by atoms with Gasteiger partial charge in [0.2, 0.25) is 0 Å². The molecule has 0 saturated heterocycles. The lowest BCUT2D eigenvalue weighted by molar-refractivity contribution is 0.394. The van der Waals surface area contributed by atoms with Crippen LogP contribution in [0.15, 0.2) is 120 Å². The molecule has 6 nitrogen and oxygen atoms in total. The first-order valence-corrected chi connectivity index (χ1v) is 18.5. The number of hydrogen-bond donors (Lipinski definition) is 2. The molecule has 2 aliphatic heterocycles. The minimum absolute atomic E-state index is 0.716. The molecule has 0 radical (unpaired) electrons. The molecular formula is C49H38N4O2. The molecule has 10 rings (SSSR count). The molecule has 0 saturated carbocycles. The number of rotatable bonds is 5. The van der Waals surface area contributed by atoms with Gasteiger partial charge in [0.1, 0.15) is 11.5 Å². The number of ether oxygens (including phenoxy) is 2. The molecule has 0 spiro atoms. The smallest absolute Gasteiger partial charge is 0.132 e. The molecule has 4 aromatic carbocycles. The van der Waals surface area contributed by atoms with E-state index < -0.39 is 0 Å². The summed E-state index contributed by atoms with van der Waals surface area (Å²) in [7, 11) is 3.40. The van der Waals surface area contributed by atoms with Crippen molar-refractivity contribution < 1.29 is 9.47 Å². The van der Waals surface area contributed by atoms with Crippen LogP contribution < -0.4 is 9.47 Å². The van der Waals surface area contributed by atoms with Crippen molar-refractivity contribution >= 4 is 45.6 Å². The van der Waals surface area contributed by atoms with Crippen molar-refractivity contribution in [2.75, 3.05) is 14.2 Å². The van der Waals surface area contributed by atoms with Crippen LogP contribution in [0.4, 0.5) is 5.69 Å². The monoisotopic (exact) mass is 714 g/mol. The number of aryl methyl sites for hydroxylation is 3. The summed E-state index contributed by atoms with van der Waals surface area (Å²) in [6.07, 6.45) is 4.28. The fourth-order valence-electron chi connectivity index (χ4n) is 8.17. The molecule has 266 valence electrons. The first-order valence-electron chi connectivity index (χ1n) is 18.5. The number of H-pyrrole nitrogens is 2. The van der Waals surface area contributed by atoms with Crippen LogP contribution in [0.1, 0.15) is 39.2 Å². The van der Waals surface area contributed by atoms with Gasteiger partial charge in [-0.1, -0.05) is 89.5 Å². The number of aromatic amines is 2. The molecule has 0 amide bonds. The van der Waals surface area contributed by atoms with Crippen LogP contribution >= 0.6 is 0 Å². The third-order valence-corrected chi connectivity index (χ3v) is 11.0. The van der Waals surface area contributed by atoms with Crippen LogP contribution in [0.2, 0.25) is 0 Å². The third-order valence-electron chi connectivity index (χ3n) is 11.0. The summed E-state index contributed by atoms with van der Waals surface area (Å²) in [6, 6.07) is 41.0. The molecule has 0 fully saturated rings. The number of fused-ring (bicyclic) bond motifs is 11. The van der Waals surface area contributed by atoms with Gasteiger partial charge in [-0.3, -0.25) is 0 Å². The summed E-state index contributed by atoms with van der Waals surface area (Å²) in [4.78, 5) is 18.6. The SMILES string of the molecule is COc1cc(OC)c2c(c1)-c1c3cc(c(-c4ccc(C)cc4)c4ccc([nH]4)c(-c4ccc(C)cc4)c4nc(c(-c5ccc(C)cc5)c5ccc1[nH]5)C=C4)N=C32. The highest BCUT2D eigenvalue weighted by Crippen LogP contribution is 2.50. The number of aliphatic imine (C=N–C) groups is 1. The highest BCUT2D eigenvalue weighted by molar-refractivity contribution is 6.30. The van der Waals surface area contributed by atoms with Crippen molar-refractivity contribution in [1.82, 2.24) is 15.0 Å². The van der Waals surface area contributed by atoms with E-state index in [0.29, 0.717) is 5.75 Å². The summed E-state index contributed by atoms with van der Waals surface area (Å²) in [5.41, 5.74) is 21.4. The van der Waals surface area contributed by atoms with Gasteiger partial charge in [0.05, 0.1) is 42.6 Å². The van der Waals surface area contributed by atoms with Crippen molar-refractivity contribution in [3.63, 3.8) is 0 Å². The lowest BCUT2D eigenvalue weighted by atomic mass is 10.0. The van der Waals surface area contributed by atoms with Crippen LogP contribution in [0, 0.1) is 20.8 Å². The third kappa shape index (κ3) is 5.32. The van der Waals surface area contributed by atoms with Crippen molar-refractivity contribution in [1.29, 1.82) is 0 Å². The summed E-state index contributed by atoms with van der Waals surface area (Å²) in [5, 5.41) is 0. The number of hydrogen-bond acceptors (Lipinski definition) is 4. The Morgan fingerprint density at radius 1 is 0.455 bits per heavy atom. The molecule has 2 N–H and O–H groups in total. The van der Waals surface area contributed by atoms with E-state index in [1.54, 1.807) is 14.2 Å². The molecule has 3 aromatic heterocycles. The standard InChI is InChI=1S/C49H38N4O2/c1-27-6-12-30(13-7-27)44-36-18-19-37(50-36)45(31-14-8-28(2)9-15-31)39-22-23-41(52-39)47-34-24-33(54-4)25-43(55-5)48(34)49-35(47)26-42(53-49)46(40-21-20-38(44)51-40)32-16-10-29(3)11-17-32/h6-26,51-52H,1-5H3. The molecule has 5 heterocycles. The first kappa shape index (κ1) is 32.7. The van der Waals surface area contributed by atoms with E-state index >= 15 is 0 Å². The number of aromatic nitrogens is 3. The van der Waals surface area contributed by atoms with E-state index in [4.69, 9.17) is 19.5 Å². The second kappa shape index (κ2) is 12.6. The Balaban J connectivity index is 1.41. The predicted octanol–water partition coefficient (Wildman–Crippen LogP) is 12.2. The van der Waals surface area contributed by atoms with E-state index in [0.717, 1.165) is 106 Å². The highest BCUT2D eigenvalue weighted by Gasteiger charge is 2.33. The van der Waals surface area contributed by atoms with Gasteiger partial charge in [-0.15, -0.1) is 0 Å². The second-order valence-corrected chi connectivity index (χ2v) is 14.5. The summed E-state index contributed by atoms with van der Waals surface area (Å²) in [5.74, 6) is 1.44. The Labute approximate surface area is 319 Å². The van der Waals surface area contributed by atoms with Gasteiger partial charge in [0.25, 0.3) is 0 Å². The first-order chi connectivity index (χ1) is 26.9. The normalized spacial score (nSPS) is 12.5. The van der Waals surface area contributed by atoms with Gasteiger partial charge in [0.15, 0.2) is 0 Å². The quantitative estimate of drug-likeness (QED) is 0.186. The van der Waals surface area contributed by atoms with E-state index in [9.17, 15) is 0 Å². The zero-order valence-electron chi connectivity index (χ0n) is 31.3. The Morgan fingerprint density at radius 3 is 1.42 bits per heavy atom. The van der Waals surface area contributed by atoms with Gasteiger partial charge < -0.3 is 19.4 Å². The summed E-state index contributed by atoms with van der Waals surface area (Å²) in [6.45, 7) is 6.35. The molecule has 7 aromatic rings. The summed E-state index contributed by atoms with van der Waals surface area (Å²) >= 11 is 0. The molecule has 1 aliphatic carbocycles. The van der Waals surface area contributed by atoms with Crippen LogP contribution in [-0.4, -0.2) is 34.9 Å². The second-order valence-electron chi connectivity index (χ2n) is 14.5. The van der Waals surface area contributed by atoms with Crippen LogP contribution in [0.3, 0.4) is 0 Å². The zero-order chi connectivity index (χ0) is 37.4. The van der Waals surface area contributed by atoms with Gasteiger partial charge in [-0.05, 0) is 86.0 Å². The minimum atomic E-state index is 0.716. The number of methoxy groups -OCH3 is 2. The largest absolute Gasteiger partial charge is 0.497 e. The highest BCUT2D eigenvalue weighted by atomic mass is 16.5. The average molecular weight is 715 g/mol. The van der Waals surface area contributed by atoms with E-state index in [-0.39, 0.29) is 0 Å². The van der Waals surface area contributed by atoms with E-state index in [2.05, 4.69) is 152 Å². The lowest BCUT2D eigenvalue weighted by Crippen LogP contribution is -1.99. The molecule has 0 atom stereocenters. The number of benzene rings is 4. The number of nitrogens with one attached hydrogen (secondary N) is 2. The maximum absolute atomic E-state index is 6.05. The van der Waals surface area contributed by atoms with Gasteiger partial charge in [-0.25, -0.2) is 9.98 Å². The number of nitrogens with zero attached hydrogens (tertiary/aromatic N) is 2. The topological polar surface area (TPSA) is 75.3 Å². The van der Waals surface area contributed by atoms with Crippen molar-refractivity contribution in [2.24, 2.45) is 4.99 Å². The van der Waals surface area contributed by atoms with Crippen LogP contribution in [0.25, 0.3) is 78.7 Å². The fraction of sp³-hybridized carbons (Fsp3) is 0.102. The van der Waals surface area contributed by atoms with Gasteiger partial charge in [-0.2, -0.15) is 0 Å².